The minimum Gasteiger partial charge on any atom is -0.456 e. The predicted octanol–water partition coefficient (Wildman–Crippen LogP) is 5.45. The van der Waals surface area contributed by atoms with E-state index in [0.717, 1.165) is 16.7 Å². The van der Waals surface area contributed by atoms with E-state index in [1.807, 2.05) is 43.3 Å². The molecule has 5 nitrogen and oxygen atoms in total. The number of amides is 1. The standard InChI is InChI=1S/C25H26N2O3/c1-16-10-12-19(26)15-21(16)23(28)27-22-14-18(17-8-6-5-7-9-17)11-13-20(22)24(29)30-25(2,3)4/h5-15H,26H2,1-4H3,(H,27,28). The molecule has 1 amide bonds. The number of carbonyl (C=O) groups excluding carboxylic acids is 2. The highest BCUT2D eigenvalue weighted by Crippen LogP contribution is 2.28. The Morgan fingerprint density at radius 3 is 2.23 bits per heavy atom. The van der Waals surface area contributed by atoms with Gasteiger partial charge >= 0.3 is 5.97 Å². The molecule has 0 aromatic heterocycles. The number of hydrogen-bond acceptors (Lipinski definition) is 4. The zero-order valence-corrected chi connectivity index (χ0v) is 17.7. The lowest BCUT2D eigenvalue weighted by Crippen LogP contribution is -2.25. The maximum atomic E-state index is 13.0. The van der Waals surface area contributed by atoms with Crippen molar-refractivity contribution in [2.24, 2.45) is 0 Å². The molecule has 0 radical (unpaired) electrons. The van der Waals surface area contributed by atoms with Crippen molar-refractivity contribution in [2.45, 2.75) is 33.3 Å². The summed E-state index contributed by atoms with van der Waals surface area (Å²) in [7, 11) is 0. The first-order valence-electron chi connectivity index (χ1n) is 9.74. The zero-order chi connectivity index (χ0) is 21.9. The number of rotatable bonds is 4. The molecule has 0 aliphatic heterocycles. The van der Waals surface area contributed by atoms with E-state index in [4.69, 9.17) is 10.5 Å². The highest BCUT2D eigenvalue weighted by Gasteiger charge is 2.22. The molecular formula is C25H26N2O3. The van der Waals surface area contributed by atoms with E-state index in [9.17, 15) is 9.59 Å². The lowest BCUT2D eigenvalue weighted by Gasteiger charge is -2.21. The van der Waals surface area contributed by atoms with Gasteiger partial charge in [0.05, 0.1) is 11.3 Å². The van der Waals surface area contributed by atoms with Crippen LogP contribution in [0.5, 0.6) is 0 Å². The van der Waals surface area contributed by atoms with Crippen LogP contribution in [0.25, 0.3) is 11.1 Å². The quantitative estimate of drug-likeness (QED) is 0.449. The number of hydrogen-bond donors (Lipinski definition) is 2. The van der Waals surface area contributed by atoms with E-state index in [2.05, 4.69) is 5.32 Å². The molecule has 154 valence electrons. The van der Waals surface area contributed by atoms with Crippen LogP contribution in [0.3, 0.4) is 0 Å². The Morgan fingerprint density at radius 1 is 0.867 bits per heavy atom. The number of benzene rings is 3. The number of nitrogen functional groups attached to an aromatic ring is 1. The number of nitrogens with one attached hydrogen (secondary N) is 1. The van der Waals surface area contributed by atoms with E-state index in [1.165, 1.54) is 0 Å². The van der Waals surface area contributed by atoms with Crippen molar-refractivity contribution in [1.29, 1.82) is 0 Å². The molecule has 0 bridgehead atoms. The van der Waals surface area contributed by atoms with Crippen molar-refractivity contribution >= 4 is 23.3 Å². The summed E-state index contributed by atoms with van der Waals surface area (Å²) in [4.78, 5) is 25.8. The number of ether oxygens (including phenoxy) is 1. The van der Waals surface area contributed by atoms with Gasteiger partial charge in [-0.1, -0.05) is 42.5 Å². The third-order valence-electron chi connectivity index (χ3n) is 4.50. The molecule has 0 spiro atoms. The largest absolute Gasteiger partial charge is 0.456 e. The van der Waals surface area contributed by atoms with Crippen LogP contribution < -0.4 is 11.1 Å². The fourth-order valence-electron chi connectivity index (χ4n) is 3.04. The molecule has 0 atom stereocenters. The summed E-state index contributed by atoms with van der Waals surface area (Å²) >= 11 is 0. The lowest BCUT2D eigenvalue weighted by atomic mass is 10.0. The van der Waals surface area contributed by atoms with Gasteiger partial charge in [-0.2, -0.15) is 0 Å². The van der Waals surface area contributed by atoms with Crippen molar-refractivity contribution in [1.82, 2.24) is 0 Å². The SMILES string of the molecule is Cc1ccc(N)cc1C(=O)Nc1cc(-c2ccccc2)ccc1C(=O)OC(C)(C)C. The van der Waals surface area contributed by atoms with Crippen LogP contribution in [0.1, 0.15) is 47.1 Å². The number of anilines is 2. The predicted molar refractivity (Wildman–Crippen MR) is 121 cm³/mol. The minimum absolute atomic E-state index is 0.291. The summed E-state index contributed by atoms with van der Waals surface area (Å²) in [5, 5.41) is 2.88. The Kier molecular flexibility index (Phi) is 5.92. The van der Waals surface area contributed by atoms with Gasteiger partial charge in [0.15, 0.2) is 0 Å². The average Bonchev–Trinajstić information content (AvgIpc) is 2.69. The molecule has 30 heavy (non-hydrogen) atoms. The maximum absolute atomic E-state index is 13.0. The molecule has 5 heteroatoms. The first-order chi connectivity index (χ1) is 14.1. The number of aryl methyl sites for hydroxylation is 1. The lowest BCUT2D eigenvalue weighted by molar-refractivity contribution is 0.00708. The first-order valence-corrected chi connectivity index (χ1v) is 9.74. The molecule has 0 aliphatic carbocycles. The Bertz CT molecular complexity index is 1080. The summed E-state index contributed by atoms with van der Waals surface area (Å²) < 4.78 is 5.53. The molecule has 0 unspecified atom stereocenters. The highest BCUT2D eigenvalue weighted by molar-refractivity contribution is 6.09. The van der Waals surface area contributed by atoms with Gasteiger partial charge < -0.3 is 15.8 Å². The van der Waals surface area contributed by atoms with Crippen molar-refractivity contribution < 1.29 is 14.3 Å². The molecule has 3 aromatic carbocycles. The second kappa shape index (κ2) is 8.41. The molecule has 0 saturated carbocycles. The third-order valence-corrected chi connectivity index (χ3v) is 4.50. The van der Waals surface area contributed by atoms with Crippen LogP contribution >= 0.6 is 0 Å². The van der Waals surface area contributed by atoms with E-state index < -0.39 is 11.6 Å². The topological polar surface area (TPSA) is 81.4 Å². The van der Waals surface area contributed by atoms with Crippen LogP contribution in [-0.2, 0) is 4.74 Å². The molecular weight excluding hydrogens is 376 g/mol. The van der Waals surface area contributed by atoms with Gasteiger partial charge in [0.2, 0.25) is 0 Å². The molecule has 3 N–H and O–H groups in total. The third kappa shape index (κ3) is 5.06. The minimum atomic E-state index is -0.652. The van der Waals surface area contributed by atoms with E-state index in [0.29, 0.717) is 22.5 Å². The summed E-state index contributed by atoms with van der Waals surface area (Å²) in [6.07, 6.45) is 0. The van der Waals surface area contributed by atoms with Crippen LogP contribution in [-0.4, -0.2) is 17.5 Å². The van der Waals surface area contributed by atoms with Crippen molar-refractivity contribution in [3.63, 3.8) is 0 Å². The molecule has 0 aliphatic rings. The second-order valence-corrected chi connectivity index (χ2v) is 8.16. The highest BCUT2D eigenvalue weighted by atomic mass is 16.6. The maximum Gasteiger partial charge on any atom is 0.340 e. The van der Waals surface area contributed by atoms with E-state index in [-0.39, 0.29) is 5.91 Å². The smallest absolute Gasteiger partial charge is 0.340 e. The zero-order valence-electron chi connectivity index (χ0n) is 17.7. The van der Waals surface area contributed by atoms with Gasteiger partial charge in [0.25, 0.3) is 5.91 Å². The molecule has 0 saturated heterocycles. The number of carbonyl (C=O) groups is 2. The summed E-state index contributed by atoms with van der Waals surface area (Å²) in [6, 6.07) is 20.2. The monoisotopic (exact) mass is 402 g/mol. The summed E-state index contributed by atoms with van der Waals surface area (Å²) in [5.74, 6) is -0.837. The Hall–Kier alpha value is -3.60. The Labute approximate surface area is 176 Å². The van der Waals surface area contributed by atoms with Crippen LogP contribution in [0.4, 0.5) is 11.4 Å². The van der Waals surface area contributed by atoms with Gasteiger partial charge in [0, 0.05) is 11.3 Å². The van der Waals surface area contributed by atoms with Gasteiger partial charge in [-0.15, -0.1) is 0 Å². The Morgan fingerprint density at radius 2 is 1.57 bits per heavy atom. The van der Waals surface area contributed by atoms with Gasteiger partial charge in [-0.3, -0.25) is 4.79 Å². The average molecular weight is 402 g/mol. The van der Waals surface area contributed by atoms with Crippen molar-refractivity contribution in [3.05, 3.63) is 83.4 Å². The summed E-state index contributed by atoms with van der Waals surface area (Å²) in [6.45, 7) is 7.25. The molecule has 0 fully saturated rings. The molecule has 3 rings (SSSR count). The van der Waals surface area contributed by atoms with Gasteiger partial charge in [-0.25, -0.2) is 4.79 Å². The molecule has 0 heterocycles. The van der Waals surface area contributed by atoms with Crippen LogP contribution in [0.2, 0.25) is 0 Å². The van der Waals surface area contributed by atoms with Gasteiger partial charge in [-0.05, 0) is 68.7 Å². The normalized spacial score (nSPS) is 11.1. The number of nitrogens with two attached hydrogens (primary N) is 1. The fraction of sp³-hybridized carbons (Fsp3) is 0.200. The fourth-order valence-corrected chi connectivity index (χ4v) is 3.04. The Balaban J connectivity index is 2.03. The summed E-state index contributed by atoms with van der Waals surface area (Å²) in [5.41, 5.74) is 9.47. The van der Waals surface area contributed by atoms with Crippen molar-refractivity contribution in [2.75, 3.05) is 11.1 Å². The van der Waals surface area contributed by atoms with E-state index in [1.54, 1.807) is 51.1 Å². The van der Waals surface area contributed by atoms with Crippen LogP contribution in [0, 0.1) is 6.92 Å². The second-order valence-electron chi connectivity index (χ2n) is 8.16. The molecule has 3 aromatic rings. The number of esters is 1. The van der Waals surface area contributed by atoms with Gasteiger partial charge in [0.1, 0.15) is 5.60 Å². The van der Waals surface area contributed by atoms with E-state index >= 15 is 0 Å². The van der Waals surface area contributed by atoms with Crippen molar-refractivity contribution in [3.8, 4) is 11.1 Å². The van der Waals surface area contributed by atoms with Crippen LogP contribution in [0.15, 0.2) is 66.7 Å². The first kappa shape index (κ1) is 21.1.